The van der Waals surface area contributed by atoms with E-state index >= 15 is 0 Å². The molecular formula is C8H15N5O2. The average Bonchev–Trinajstić information content (AvgIpc) is 2.55. The fourth-order valence-corrected chi connectivity index (χ4v) is 1.18. The number of rotatable bonds is 6. The normalized spacial score (nSPS) is 10.3. The highest BCUT2D eigenvalue weighted by Crippen LogP contribution is 2.20. The van der Waals surface area contributed by atoms with Gasteiger partial charge in [0.05, 0.1) is 4.92 Å². The van der Waals surface area contributed by atoms with Gasteiger partial charge in [-0.05, 0) is 6.54 Å². The maximum atomic E-state index is 10.6. The van der Waals surface area contributed by atoms with Crippen molar-refractivity contribution in [2.24, 2.45) is 7.05 Å². The third kappa shape index (κ3) is 3.21. The first-order valence-corrected chi connectivity index (χ1v) is 4.77. The second-order valence-corrected chi connectivity index (χ2v) is 3.07. The van der Waals surface area contributed by atoms with Gasteiger partial charge >= 0.3 is 5.69 Å². The van der Waals surface area contributed by atoms with Gasteiger partial charge in [0.25, 0.3) is 0 Å². The number of hydrogen-bond donors (Lipinski definition) is 2. The molecule has 0 fully saturated rings. The Morgan fingerprint density at radius 2 is 2.33 bits per heavy atom. The molecule has 0 aliphatic heterocycles. The Kier molecular flexibility index (Phi) is 4.04. The van der Waals surface area contributed by atoms with Crippen molar-refractivity contribution in [3.05, 3.63) is 16.3 Å². The van der Waals surface area contributed by atoms with Gasteiger partial charge in [-0.3, -0.25) is 14.8 Å². The van der Waals surface area contributed by atoms with Gasteiger partial charge in [0, 0.05) is 20.1 Å². The van der Waals surface area contributed by atoms with E-state index in [2.05, 4.69) is 15.7 Å². The standard InChI is InChI=1S/C8H15N5O2/c1-3-9-4-5-10-8-7(13(14)15)6-12(2)11-8/h6,9H,3-5H2,1-2H3,(H,10,11). The van der Waals surface area contributed by atoms with Crippen LogP contribution in [-0.4, -0.2) is 34.3 Å². The van der Waals surface area contributed by atoms with Crippen LogP contribution in [0.15, 0.2) is 6.20 Å². The van der Waals surface area contributed by atoms with Crippen LogP contribution in [0.5, 0.6) is 0 Å². The van der Waals surface area contributed by atoms with E-state index in [1.165, 1.54) is 10.9 Å². The van der Waals surface area contributed by atoms with E-state index in [4.69, 9.17) is 0 Å². The summed E-state index contributed by atoms with van der Waals surface area (Å²) in [7, 11) is 1.66. The van der Waals surface area contributed by atoms with Crippen LogP contribution >= 0.6 is 0 Å². The van der Waals surface area contributed by atoms with Crippen LogP contribution in [0, 0.1) is 10.1 Å². The summed E-state index contributed by atoms with van der Waals surface area (Å²) < 4.78 is 1.42. The third-order valence-electron chi connectivity index (χ3n) is 1.85. The minimum absolute atomic E-state index is 0.00833. The Hall–Kier alpha value is -1.63. The van der Waals surface area contributed by atoms with Crippen LogP contribution in [0.25, 0.3) is 0 Å². The molecule has 0 bridgehead atoms. The molecule has 0 aliphatic rings. The lowest BCUT2D eigenvalue weighted by Crippen LogP contribution is -2.22. The zero-order valence-corrected chi connectivity index (χ0v) is 8.86. The smallest absolute Gasteiger partial charge is 0.330 e. The molecule has 0 aliphatic carbocycles. The molecule has 15 heavy (non-hydrogen) atoms. The molecule has 0 saturated heterocycles. The van der Waals surface area contributed by atoms with Crippen molar-refractivity contribution in [2.45, 2.75) is 6.92 Å². The van der Waals surface area contributed by atoms with Crippen molar-refractivity contribution in [1.82, 2.24) is 15.1 Å². The maximum Gasteiger partial charge on any atom is 0.330 e. The highest BCUT2D eigenvalue weighted by molar-refractivity contribution is 5.54. The number of nitrogens with one attached hydrogen (secondary N) is 2. The van der Waals surface area contributed by atoms with E-state index in [1.54, 1.807) is 7.05 Å². The molecule has 0 amide bonds. The SMILES string of the molecule is CCNCCNc1nn(C)cc1[N+](=O)[O-]. The lowest BCUT2D eigenvalue weighted by molar-refractivity contribution is -0.384. The second kappa shape index (κ2) is 5.30. The van der Waals surface area contributed by atoms with Crippen LogP contribution in [0.1, 0.15) is 6.92 Å². The Bertz CT molecular complexity index is 336. The van der Waals surface area contributed by atoms with Gasteiger partial charge in [-0.25, -0.2) is 0 Å². The summed E-state index contributed by atoms with van der Waals surface area (Å²) in [5.74, 6) is 0.320. The van der Waals surface area contributed by atoms with E-state index in [9.17, 15) is 10.1 Å². The number of likely N-dealkylation sites (N-methyl/N-ethyl adjacent to an activating group) is 1. The Labute approximate surface area is 87.6 Å². The highest BCUT2D eigenvalue weighted by Gasteiger charge is 2.17. The van der Waals surface area contributed by atoms with E-state index < -0.39 is 4.92 Å². The Morgan fingerprint density at radius 1 is 1.60 bits per heavy atom. The summed E-state index contributed by atoms with van der Waals surface area (Å²) in [6.45, 7) is 4.26. The molecule has 0 unspecified atom stereocenters. The molecular weight excluding hydrogens is 198 g/mol. The summed E-state index contributed by atoms with van der Waals surface area (Å²) in [5, 5.41) is 20.6. The molecule has 0 saturated carbocycles. The lowest BCUT2D eigenvalue weighted by Gasteiger charge is -2.02. The van der Waals surface area contributed by atoms with Crippen molar-refractivity contribution in [3.8, 4) is 0 Å². The number of anilines is 1. The van der Waals surface area contributed by atoms with Crippen molar-refractivity contribution in [2.75, 3.05) is 25.0 Å². The molecule has 7 nitrogen and oxygen atoms in total. The number of nitro groups is 1. The Morgan fingerprint density at radius 3 is 2.93 bits per heavy atom. The topological polar surface area (TPSA) is 85.0 Å². The minimum Gasteiger partial charge on any atom is -0.362 e. The van der Waals surface area contributed by atoms with E-state index in [0.717, 1.165) is 13.1 Å². The molecule has 84 valence electrons. The third-order valence-corrected chi connectivity index (χ3v) is 1.85. The Balaban J connectivity index is 2.55. The van der Waals surface area contributed by atoms with Crippen molar-refractivity contribution in [3.63, 3.8) is 0 Å². The first-order valence-electron chi connectivity index (χ1n) is 4.77. The summed E-state index contributed by atoms with van der Waals surface area (Å²) >= 11 is 0. The first-order chi connectivity index (χ1) is 7.15. The zero-order chi connectivity index (χ0) is 11.3. The predicted molar refractivity (Wildman–Crippen MR) is 56.9 cm³/mol. The fourth-order valence-electron chi connectivity index (χ4n) is 1.18. The van der Waals surface area contributed by atoms with Crippen molar-refractivity contribution >= 4 is 11.5 Å². The van der Waals surface area contributed by atoms with E-state index in [-0.39, 0.29) is 5.69 Å². The zero-order valence-electron chi connectivity index (χ0n) is 8.86. The molecule has 2 N–H and O–H groups in total. The average molecular weight is 213 g/mol. The van der Waals surface area contributed by atoms with Gasteiger partial charge in [-0.2, -0.15) is 0 Å². The molecule has 0 radical (unpaired) electrons. The van der Waals surface area contributed by atoms with Gasteiger partial charge < -0.3 is 10.6 Å². The molecule has 1 rings (SSSR count). The summed E-state index contributed by atoms with van der Waals surface area (Å²) in [4.78, 5) is 10.2. The van der Waals surface area contributed by atoms with Crippen LogP contribution in [0.2, 0.25) is 0 Å². The monoisotopic (exact) mass is 213 g/mol. The van der Waals surface area contributed by atoms with Crippen LogP contribution < -0.4 is 10.6 Å². The van der Waals surface area contributed by atoms with Gasteiger partial charge in [-0.1, -0.05) is 6.92 Å². The predicted octanol–water partition coefficient (Wildman–Crippen LogP) is 0.350. The molecule has 1 aromatic heterocycles. The number of nitrogens with zero attached hydrogens (tertiary/aromatic N) is 3. The van der Waals surface area contributed by atoms with Crippen molar-refractivity contribution < 1.29 is 4.92 Å². The molecule has 7 heteroatoms. The highest BCUT2D eigenvalue weighted by atomic mass is 16.6. The number of aryl methyl sites for hydroxylation is 1. The molecule has 0 aromatic carbocycles. The second-order valence-electron chi connectivity index (χ2n) is 3.07. The van der Waals surface area contributed by atoms with Gasteiger partial charge in [0.15, 0.2) is 0 Å². The molecule has 0 spiro atoms. The number of hydrogen-bond acceptors (Lipinski definition) is 5. The first kappa shape index (κ1) is 11.4. The fraction of sp³-hybridized carbons (Fsp3) is 0.625. The maximum absolute atomic E-state index is 10.6. The van der Waals surface area contributed by atoms with Gasteiger partial charge in [0.2, 0.25) is 5.82 Å². The van der Waals surface area contributed by atoms with E-state index in [1.807, 2.05) is 6.92 Å². The minimum atomic E-state index is -0.442. The van der Waals surface area contributed by atoms with Crippen LogP contribution in [0.4, 0.5) is 11.5 Å². The van der Waals surface area contributed by atoms with E-state index in [0.29, 0.717) is 12.4 Å². The summed E-state index contributed by atoms with van der Waals surface area (Å²) in [5.41, 5.74) is 0.00833. The van der Waals surface area contributed by atoms with Crippen LogP contribution in [-0.2, 0) is 7.05 Å². The largest absolute Gasteiger partial charge is 0.362 e. The molecule has 1 aromatic rings. The van der Waals surface area contributed by atoms with Gasteiger partial charge in [0.1, 0.15) is 6.20 Å². The number of aromatic nitrogens is 2. The lowest BCUT2D eigenvalue weighted by atomic mass is 10.5. The summed E-state index contributed by atoms with van der Waals surface area (Å²) in [6.07, 6.45) is 1.38. The van der Waals surface area contributed by atoms with Crippen LogP contribution in [0.3, 0.4) is 0 Å². The molecule has 1 heterocycles. The summed E-state index contributed by atoms with van der Waals surface area (Å²) in [6, 6.07) is 0. The quantitative estimate of drug-likeness (QED) is 0.404. The van der Waals surface area contributed by atoms with Crippen molar-refractivity contribution in [1.29, 1.82) is 0 Å². The van der Waals surface area contributed by atoms with Gasteiger partial charge in [-0.15, -0.1) is 5.10 Å². The molecule has 0 atom stereocenters.